The molecule has 4 aromatic carbocycles. The third kappa shape index (κ3) is 3.52. The molecule has 0 spiro atoms. The summed E-state index contributed by atoms with van der Waals surface area (Å²) in [6, 6.07) is 35.7. The highest BCUT2D eigenvalue weighted by atomic mass is 16.2. The van der Waals surface area contributed by atoms with E-state index in [2.05, 4.69) is 4.99 Å². The minimum absolute atomic E-state index is 0.278. The Balaban J connectivity index is 1.62. The summed E-state index contributed by atoms with van der Waals surface area (Å²) in [7, 11) is 0. The van der Waals surface area contributed by atoms with Gasteiger partial charge in [0.05, 0.1) is 17.3 Å². The van der Waals surface area contributed by atoms with Crippen molar-refractivity contribution in [2.24, 2.45) is 4.99 Å². The summed E-state index contributed by atoms with van der Waals surface area (Å²) in [4.78, 5) is 33.4. The fourth-order valence-corrected chi connectivity index (χ4v) is 4.06. The van der Waals surface area contributed by atoms with Crippen molar-refractivity contribution in [3.63, 3.8) is 0 Å². The number of carbonyl (C=O) groups is 2. The van der Waals surface area contributed by atoms with Crippen molar-refractivity contribution in [2.45, 2.75) is 5.92 Å². The van der Waals surface area contributed by atoms with Crippen molar-refractivity contribution < 1.29 is 9.59 Å². The highest BCUT2D eigenvalue weighted by Gasteiger charge is 2.41. The van der Waals surface area contributed by atoms with Gasteiger partial charge in [-0.3, -0.25) is 9.59 Å². The molecule has 0 aliphatic carbocycles. The Kier molecular flexibility index (Phi) is 5.18. The van der Waals surface area contributed by atoms with E-state index in [1.54, 1.807) is 6.07 Å². The average molecular weight is 416 g/mol. The maximum Gasteiger partial charge on any atom is 0.284 e. The molecule has 154 valence electrons. The highest BCUT2D eigenvalue weighted by molar-refractivity contribution is 6.58. The smallest absolute Gasteiger partial charge is 0.273 e. The first-order chi connectivity index (χ1) is 15.7. The summed E-state index contributed by atoms with van der Waals surface area (Å²) in [6.45, 7) is 0. The molecule has 0 fully saturated rings. The number of nitrogens with zero attached hydrogens (tertiary/aromatic N) is 2. The minimum Gasteiger partial charge on any atom is -0.273 e. The fourth-order valence-electron chi connectivity index (χ4n) is 4.06. The standard InChI is InChI=1S/C28H20N2O2/c31-27(25(20-12-4-1-5-13-20)21-14-6-2-7-15-21)30-24-19-11-10-18-23(24)26(28(30)32)29-22-16-8-3-9-17-22/h1-19,25H. The van der Waals surface area contributed by atoms with Crippen LogP contribution < -0.4 is 4.90 Å². The molecule has 0 N–H and O–H groups in total. The molecule has 1 aliphatic heterocycles. The van der Waals surface area contributed by atoms with Crippen molar-refractivity contribution in [2.75, 3.05) is 4.90 Å². The van der Waals surface area contributed by atoms with Gasteiger partial charge in [-0.25, -0.2) is 9.89 Å². The van der Waals surface area contributed by atoms with Crippen LogP contribution >= 0.6 is 0 Å². The van der Waals surface area contributed by atoms with Crippen LogP contribution in [0.3, 0.4) is 0 Å². The molecule has 0 aromatic heterocycles. The zero-order chi connectivity index (χ0) is 21.9. The largest absolute Gasteiger partial charge is 0.284 e. The SMILES string of the molecule is O=C1C(=Nc2ccccc2)c2ccccc2N1C(=O)C(c1ccccc1)c1ccccc1. The Morgan fingerprint density at radius 1 is 0.656 bits per heavy atom. The van der Waals surface area contributed by atoms with Crippen molar-refractivity contribution in [1.82, 2.24) is 0 Å². The van der Waals surface area contributed by atoms with Crippen molar-refractivity contribution in [3.8, 4) is 0 Å². The Labute approximate surface area is 186 Å². The first kappa shape index (κ1) is 19.6. The lowest BCUT2D eigenvalue weighted by Crippen LogP contribution is -2.39. The first-order valence-corrected chi connectivity index (χ1v) is 10.5. The van der Waals surface area contributed by atoms with Crippen LogP contribution in [-0.4, -0.2) is 17.5 Å². The summed E-state index contributed by atoms with van der Waals surface area (Å²) in [6.07, 6.45) is 0. The van der Waals surface area contributed by atoms with Crippen LogP contribution in [0.2, 0.25) is 0 Å². The molecule has 4 aromatic rings. The normalized spacial score (nSPS) is 14.1. The minimum atomic E-state index is -0.606. The molecule has 0 bridgehead atoms. The van der Waals surface area contributed by atoms with Gasteiger partial charge in [0.1, 0.15) is 5.71 Å². The van der Waals surface area contributed by atoms with Crippen LogP contribution in [0.1, 0.15) is 22.6 Å². The van der Waals surface area contributed by atoms with Crippen molar-refractivity contribution >= 4 is 28.9 Å². The number of hydrogen-bond acceptors (Lipinski definition) is 3. The lowest BCUT2D eigenvalue weighted by Gasteiger charge is -2.23. The van der Waals surface area contributed by atoms with Gasteiger partial charge in [-0.05, 0) is 29.3 Å². The zero-order valence-corrected chi connectivity index (χ0v) is 17.3. The summed E-state index contributed by atoms with van der Waals surface area (Å²) in [5.41, 5.74) is 3.84. The summed E-state index contributed by atoms with van der Waals surface area (Å²) >= 11 is 0. The molecule has 0 radical (unpaired) electrons. The van der Waals surface area contributed by atoms with E-state index >= 15 is 0 Å². The number of hydrogen-bond donors (Lipinski definition) is 0. The molecule has 0 unspecified atom stereocenters. The number of amides is 2. The second-order valence-electron chi connectivity index (χ2n) is 7.55. The van der Waals surface area contributed by atoms with Crippen LogP contribution in [0.25, 0.3) is 0 Å². The predicted octanol–water partition coefficient (Wildman–Crippen LogP) is 5.51. The Bertz CT molecular complexity index is 1260. The fraction of sp³-hybridized carbons (Fsp3) is 0.0357. The van der Waals surface area contributed by atoms with E-state index in [-0.39, 0.29) is 11.6 Å². The lowest BCUT2D eigenvalue weighted by atomic mass is 9.90. The van der Waals surface area contributed by atoms with E-state index < -0.39 is 11.8 Å². The molecule has 1 heterocycles. The van der Waals surface area contributed by atoms with Gasteiger partial charge in [0.2, 0.25) is 5.91 Å². The second kappa shape index (κ2) is 8.44. The van der Waals surface area contributed by atoms with Gasteiger partial charge >= 0.3 is 0 Å². The monoisotopic (exact) mass is 416 g/mol. The number of carbonyl (C=O) groups excluding carboxylic acids is 2. The maximum atomic E-state index is 14.0. The third-order valence-corrected chi connectivity index (χ3v) is 5.54. The van der Waals surface area contributed by atoms with Gasteiger partial charge < -0.3 is 0 Å². The number of rotatable bonds is 4. The lowest BCUT2D eigenvalue weighted by molar-refractivity contribution is -0.123. The van der Waals surface area contributed by atoms with Crippen LogP contribution in [-0.2, 0) is 9.59 Å². The Hall–Kier alpha value is -4.31. The van der Waals surface area contributed by atoms with E-state index in [1.165, 1.54) is 4.90 Å². The number of aliphatic imine (C=N–C) groups is 1. The molecule has 2 amide bonds. The molecule has 4 heteroatoms. The summed E-state index contributed by atoms with van der Waals surface area (Å²) < 4.78 is 0. The number of fused-ring (bicyclic) bond motifs is 1. The van der Waals surface area contributed by atoms with Crippen LogP contribution in [0.15, 0.2) is 120 Å². The number of benzene rings is 4. The van der Waals surface area contributed by atoms with Gasteiger partial charge in [-0.15, -0.1) is 0 Å². The van der Waals surface area contributed by atoms with Crippen molar-refractivity contribution in [3.05, 3.63) is 132 Å². The molecule has 32 heavy (non-hydrogen) atoms. The number of para-hydroxylation sites is 2. The maximum absolute atomic E-state index is 14.0. The van der Waals surface area contributed by atoms with E-state index in [9.17, 15) is 9.59 Å². The van der Waals surface area contributed by atoms with Crippen LogP contribution in [0.5, 0.6) is 0 Å². The van der Waals surface area contributed by atoms with Gasteiger partial charge in [0.15, 0.2) is 0 Å². The zero-order valence-electron chi connectivity index (χ0n) is 17.3. The Morgan fingerprint density at radius 2 is 1.16 bits per heavy atom. The van der Waals surface area contributed by atoms with Crippen LogP contribution in [0, 0.1) is 0 Å². The van der Waals surface area contributed by atoms with E-state index in [1.807, 2.05) is 109 Å². The molecule has 4 nitrogen and oxygen atoms in total. The molecular weight excluding hydrogens is 396 g/mol. The second-order valence-corrected chi connectivity index (χ2v) is 7.55. The predicted molar refractivity (Wildman–Crippen MR) is 126 cm³/mol. The Morgan fingerprint density at radius 3 is 1.75 bits per heavy atom. The molecular formula is C28H20N2O2. The van der Waals surface area contributed by atoms with Gasteiger partial charge in [0, 0.05) is 5.56 Å². The number of anilines is 1. The molecule has 0 saturated carbocycles. The summed E-state index contributed by atoms with van der Waals surface area (Å²) in [5.74, 6) is -1.31. The van der Waals surface area contributed by atoms with Crippen LogP contribution in [0.4, 0.5) is 11.4 Å². The molecule has 0 atom stereocenters. The first-order valence-electron chi connectivity index (χ1n) is 10.5. The van der Waals surface area contributed by atoms with Crippen molar-refractivity contribution in [1.29, 1.82) is 0 Å². The number of imide groups is 1. The summed E-state index contributed by atoms with van der Waals surface area (Å²) in [5, 5.41) is 0. The third-order valence-electron chi connectivity index (χ3n) is 5.54. The van der Waals surface area contributed by atoms with Gasteiger partial charge in [-0.2, -0.15) is 0 Å². The molecule has 1 aliphatic rings. The quantitative estimate of drug-likeness (QED) is 0.440. The average Bonchev–Trinajstić information content (AvgIpc) is 3.12. The highest BCUT2D eigenvalue weighted by Crippen LogP contribution is 2.35. The molecule has 5 rings (SSSR count). The van der Waals surface area contributed by atoms with E-state index in [0.717, 1.165) is 11.1 Å². The molecule has 0 saturated heterocycles. The van der Waals surface area contributed by atoms with E-state index in [0.29, 0.717) is 16.9 Å². The van der Waals surface area contributed by atoms with Gasteiger partial charge in [-0.1, -0.05) is 97.1 Å². The van der Waals surface area contributed by atoms with E-state index in [4.69, 9.17) is 0 Å². The topological polar surface area (TPSA) is 49.7 Å². The van der Waals surface area contributed by atoms with Gasteiger partial charge in [0.25, 0.3) is 5.91 Å².